The summed E-state index contributed by atoms with van der Waals surface area (Å²) in [5.41, 5.74) is 1.17. The van der Waals surface area contributed by atoms with Crippen molar-refractivity contribution in [2.75, 3.05) is 34.9 Å². The van der Waals surface area contributed by atoms with Crippen molar-refractivity contribution in [2.45, 2.75) is 19.4 Å². The minimum Gasteiger partial charge on any atom is -0.337 e. The molecule has 2 aromatic rings. The third kappa shape index (κ3) is 3.85. The van der Waals surface area contributed by atoms with Gasteiger partial charge in [0.25, 0.3) is 5.91 Å². The molecule has 0 radical (unpaired) electrons. The number of amides is 1. The van der Waals surface area contributed by atoms with Crippen molar-refractivity contribution >= 4 is 27.4 Å². The molecule has 1 amide bonds. The van der Waals surface area contributed by atoms with Gasteiger partial charge in [-0.3, -0.25) is 4.79 Å². The molecule has 0 N–H and O–H groups in total. The Balaban J connectivity index is 1.76. The van der Waals surface area contributed by atoms with Crippen LogP contribution in [-0.4, -0.2) is 55.4 Å². The van der Waals surface area contributed by atoms with Crippen LogP contribution in [0.3, 0.4) is 0 Å². The molecule has 2 heterocycles. The van der Waals surface area contributed by atoms with Gasteiger partial charge in [-0.1, -0.05) is 18.2 Å². The Morgan fingerprint density at radius 3 is 2.38 bits per heavy atom. The number of hydrogen-bond donors (Lipinski definition) is 0. The van der Waals surface area contributed by atoms with Gasteiger partial charge in [0.1, 0.15) is 0 Å². The van der Waals surface area contributed by atoms with E-state index in [0.29, 0.717) is 24.5 Å². The summed E-state index contributed by atoms with van der Waals surface area (Å²) in [5.74, 6) is 0.580. The van der Waals surface area contributed by atoms with Crippen molar-refractivity contribution in [3.8, 4) is 0 Å². The third-order valence-electron chi connectivity index (χ3n) is 4.58. The molecule has 138 valence electrons. The molecule has 1 aromatic carbocycles. The van der Waals surface area contributed by atoms with Crippen LogP contribution in [0.15, 0.2) is 42.7 Å². The van der Waals surface area contributed by atoms with Crippen LogP contribution < -0.4 is 9.80 Å². The summed E-state index contributed by atoms with van der Waals surface area (Å²) in [6.45, 7) is 2.55. The molecule has 1 aromatic heterocycles. The van der Waals surface area contributed by atoms with Crippen molar-refractivity contribution in [3.05, 3.63) is 48.3 Å². The van der Waals surface area contributed by atoms with Crippen molar-refractivity contribution in [1.82, 2.24) is 9.97 Å². The van der Waals surface area contributed by atoms with Gasteiger partial charge in [-0.15, -0.1) is 0 Å². The Bertz CT molecular complexity index is 869. The Kier molecular flexibility index (Phi) is 5.22. The maximum Gasteiger partial charge on any atom is 0.261 e. The molecular formula is C18H22N4O3S. The highest BCUT2D eigenvalue weighted by atomic mass is 32.2. The summed E-state index contributed by atoms with van der Waals surface area (Å²) in [6.07, 6.45) is 3.57. The molecule has 1 fully saturated rings. The minimum atomic E-state index is -2.98. The van der Waals surface area contributed by atoms with E-state index in [2.05, 4.69) is 9.97 Å². The van der Waals surface area contributed by atoms with Gasteiger partial charge < -0.3 is 9.80 Å². The molecule has 0 spiro atoms. The van der Waals surface area contributed by atoms with E-state index in [1.165, 1.54) is 12.4 Å². The predicted molar refractivity (Wildman–Crippen MR) is 101 cm³/mol. The first-order valence-corrected chi connectivity index (χ1v) is 10.4. The molecule has 0 bridgehead atoms. The molecule has 1 atom stereocenters. The van der Waals surface area contributed by atoms with Crippen molar-refractivity contribution < 1.29 is 13.2 Å². The second-order valence-corrected chi connectivity index (χ2v) is 8.54. The van der Waals surface area contributed by atoms with Crippen LogP contribution in [-0.2, 0) is 9.84 Å². The summed E-state index contributed by atoms with van der Waals surface area (Å²) >= 11 is 0. The van der Waals surface area contributed by atoms with Crippen LogP contribution in [0, 0.1) is 0 Å². The fourth-order valence-corrected chi connectivity index (χ4v) is 4.86. The molecule has 1 aliphatic heterocycles. The molecule has 1 aliphatic rings. The smallest absolute Gasteiger partial charge is 0.261 e. The van der Waals surface area contributed by atoms with E-state index in [1.54, 1.807) is 11.9 Å². The van der Waals surface area contributed by atoms with E-state index >= 15 is 0 Å². The highest BCUT2D eigenvalue weighted by Crippen LogP contribution is 2.22. The summed E-state index contributed by atoms with van der Waals surface area (Å²) in [7, 11) is -1.28. The van der Waals surface area contributed by atoms with E-state index < -0.39 is 9.84 Å². The minimum absolute atomic E-state index is 0.112. The van der Waals surface area contributed by atoms with Gasteiger partial charge in [0.15, 0.2) is 9.84 Å². The van der Waals surface area contributed by atoms with Gasteiger partial charge in [0.05, 0.1) is 17.1 Å². The number of carbonyl (C=O) groups excluding carboxylic acids is 1. The number of sulfone groups is 1. The van der Waals surface area contributed by atoms with Gasteiger partial charge in [-0.05, 0) is 25.5 Å². The van der Waals surface area contributed by atoms with Crippen LogP contribution in [0.5, 0.6) is 0 Å². The third-order valence-corrected chi connectivity index (χ3v) is 6.33. The Labute approximate surface area is 153 Å². The first-order chi connectivity index (χ1) is 12.4. The number of aromatic nitrogens is 2. The fourth-order valence-electron chi connectivity index (χ4n) is 3.13. The lowest BCUT2D eigenvalue weighted by Crippen LogP contribution is -2.37. The van der Waals surface area contributed by atoms with Gasteiger partial charge in [0.2, 0.25) is 5.95 Å². The van der Waals surface area contributed by atoms with E-state index in [4.69, 9.17) is 0 Å². The first-order valence-electron chi connectivity index (χ1n) is 8.53. The lowest BCUT2D eigenvalue weighted by molar-refractivity contribution is 0.0992. The first kappa shape index (κ1) is 18.3. The molecule has 0 saturated carbocycles. The van der Waals surface area contributed by atoms with Crippen LogP contribution in [0.2, 0.25) is 0 Å². The summed E-state index contributed by atoms with van der Waals surface area (Å²) in [6, 6.07) is 9.22. The number of anilines is 2. The quantitative estimate of drug-likeness (QED) is 0.793. The second kappa shape index (κ2) is 7.41. The SMILES string of the molecule is CCN(c1ncc(C(=O)N(C)c2ccccc2)cn1)C1CCS(=O)(=O)C1. The highest BCUT2D eigenvalue weighted by molar-refractivity contribution is 7.91. The van der Waals surface area contributed by atoms with E-state index in [9.17, 15) is 13.2 Å². The standard InChI is InChI=1S/C18H22N4O3S/c1-3-22(16-9-10-26(24,25)13-16)18-19-11-14(12-20-18)17(23)21(2)15-7-5-4-6-8-15/h4-8,11-12,16H,3,9-10,13H2,1-2H3. The van der Waals surface area contributed by atoms with Crippen LogP contribution in [0.25, 0.3) is 0 Å². The normalized spacial score (nSPS) is 18.5. The average molecular weight is 374 g/mol. The maximum absolute atomic E-state index is 12.6. The van der Waals surface area contributed by atoms with Gasteiger partial charge in [-0.25, -0.2) is 18.4 Å². The Morgan fingerprint density at radius 2 is 1.85 bits per heavy atom. The number of carbonyl (C=O) groups is 1. The number of rotatable bonds is 5. The maximum atomic E-state index is 12.6. The number of para-hydroxylation sites is 1. The zero-order chi connectivity index (χ0) is 18.7. The zero-order valence-electron chi connectivity index (χ0n) is 14.9. The Hall–Kier alpha value is -2.48. The topological polar surface area (TPSA) is 83.5 Å². The number of hydrogen-bond acceptors (Lipinski definition) is 6. The Morgan fingerprint density at radius 1 is 1.19 bits per heavy atom. The van der Waals surface area contributed by atoms with Crippen molar-refractivity contribution in [1.29, 1.82) is 0 Å². The van der Waals surface area contributed by atoms with Crippen LogP contribution >= 0.6 is 0 Å². The molecular weight excluding hydrogens is 352 g/mol. The van der Waals surface area contributed by atoms with E-state index in [1.807, 2.05) is 42.2 Å². The summed E-state index contributed by atoms with van der Waals surface area (Å²) in [5, 5.41) is 0. The van der Waals surface area contributed by atoms with Gasteiger partial charge in [0, 0.05) is 37.7 Å². The van der Waals surface area contributed by atoms with Gasteiger partial charge in [-0.2, -0.15) is 0 Å². The number of benzene rings is 1. The monoisotopic (exact) mass is 374 g/mol. The van der Waals surface area contributed by atoms with Gasteiger partial charge >= 0.3 is 0 Å². The molecule has 1 saturated heterocycles. The lowest BCUT2D eigenvalue weighted by atomic mass is 10.2. The van der Waals surface area contributed by atoms with Crippen LogP contribution in [0.4, 0.5) is 11.6 Å². The average Bonchev–Trinajstić information content (AvgIpc) is 3.02. The molecule has 8 heteroatoms. The van der Waals surface area contributed by atoms with Crippen molar-refractivity contribution in [2.24, 2.45) is 0 Å². The lowest BCUT2D eigenvalue weighted by Gasteiger charge is -2.26. The largest absolute Gasteiger partial charge is 0.337 e. The predicted octanol–water partition coefficient (Wildman–Crippen LogP) is 1.77. The zero-order valence-corrected chi connectivity index (χ0v) is 15.7. The number of nitrogens with zero attached hydrogens (tertiary/aromatic N) is 4. The van der Waals surface area contributed by atoms with Crippen molar-refractivity contribution in [3.63, 3.8) is 0 Å². The van der Waals surface area contributed by atoms with E-state index in [0.717, 1.165) is 5.69 Å². The molecule has 3 rings (SSSR count). The molecule has 7 nitrogen and oxygen atoms in total. The molecule has 26 heavy (non-hydrogen) atoms. The summed E-state index contributed by atoms with van der Waals surface area (Å²) in [4.78, 5) is 24.6. The highest BCUT2D eigenvalue weighted by Gasteiger charge is 2.32. The fraction of sp³-hybridized carbons (Fsp3) is 0.389. The summed E-state index contributed by atoms with van der Waals surface area (Å²) < 4.78 is 23.5. The molecule has 0 aliphatic carbocycles. The van der Waals surface area contributed by atoms with Crippen LogP contribution in [0.1, 0.15) is 23.7 Å². The molecule has 1 unspecified atom stereocenters. The second-order valence-electron chi connectivity index (χ2n) is 6.31. The van der Waals surface area contributed by atoms with E-state index in [-0.39, 0.29) is 23.5 Å².